The van der Waals surface area contributed by atoms with E-state index in [-0.39, 0.29) is 51.4 Å². The van der Waals surface area contributed by atoms with Crippen LogP contribution in [0.25, 0.3) is 0 Å². The summed E-state index contributed by atoms with van der Waals surface area (Å²) in [5.74, 6) is 0. The van der Waals surface area contributed by atoms with Crippen molar-refractivity contribution in [2.45, 2.75) is 42.7 Å². The van der Waals surface area contributed by atoms with Gasteiger partial charge in [-0.2, -0.15) is 0 Å². The zero-order valence-electron chi connectivity index (χ0n) is 11.7. The molecule has 1 aliphatic carbocycles. The molecule has 1 rings (SSSR count). The van der Waals surface area contributed by atoms with Gasteiger partial charge in [0, 0.05) is 0 Å². The van der Waals surface area contributed by atoms with Gasteiger partial charge >= 0.3 is 51.4 Å². The first kappa shape index (κ1) is 23.5. The molecule has 4 unspecified atom stereocenters. The Morgan fingerprint density at radius 3 is 1.82 bits per heavy atom. The summed E-state index contributed by atoms with van der Waals surface area (Å²) in [4.78, 5) is 11.4. The van der Waals surface area contributed by atoms with Crippen molar-refractivity contribution in [2.24, 2.45) is 0 Å². The summed E-state index contributed by atoms with van der Waals surface area (Å²) in [5, 5.41) is 64.7. The molecule has 126 valence electrons. The molecule has 11 nitrogen and oxygen atoms in total. The second kappa shape index (κ2) is 9.82. The van der Waals surface area contributed by atoms with Gasteiger partial charge in [0.1, 0.15) is 42.7 Å². The molecule has 0 amide bonds. The normalized spacial score (nSPS) is 39.6. The molecule has 1 saturated carbocycles. The van der Waals surface area contributed by atoms with E-state index >= 15 is 0 Å². The average Bonchev–Trinajstić information content (AvgIpc) is 2.45. The van der Waals surface area contributed by atoms with Crippen LogP contribution >= 0.6 is 7.82 Å². The SMILES string of the molecule is O=P([O-])(OCC(O)CO)OC1[C@@H](O)[C@H](O)C(O)[C@H](O)[C@@H]1O.[K+]. The van der Waals surface area contributed by atoms with Crippen LogP contribution in [0.4, 0.5) is 0 Å². The summed E-state index contributed by atoms with van der Waals surface area (Å²) in [5.41, 5.74) is 0. The number of hydrogen-bond donors (Lipinski definition) is 7. The molecule has 1 aliphatic rings. The van der Waals surface area contributed by atoms with Gasteiger partial charge in [-0.1, -0.05) is 0 Å². The average molecular weight is 372 g/mol. The van der Waals surface area contributed by atoms with E-state index in [9.17, 15) is 35.0 Å². The summed E-state index contributed by atoms with van der Waals surface area (Å²) >= 11 is 0. The topological polar surface area (TPSA) is 200 Å². The minimum atomic E-state index is -5.12. The molecular weight excluding hydrogens is 354 g/mol. The van der Waals surface area contributed by atoms with Crippen LogP contribution in [-0.4, -0.2) is 91.7 Å². The van der Waals surface area contributed by atoms with Gasteiger partial charge in [-0.3, -0.25) is 4.57 Å². The van der Waals surface area contributed by atoms with E-state index in [4.69, 9.17) is 10.2 Å². The number of aliphatic hydroxyl groups is 7. The zero-order chi connectivity index (χ0) is 16.4. The molecule has 13 heteroatoms. The summed E-state index contributed by atoms with van der Waals surface area (Å²) in [7, 11) is -5.12. The summed E-state index contributed by atoms with van der Waals surface area (Å²) in [6, 6.07) is 0. The van der Waals surface area contributed by atoms with E-state index in [1.54, 1.807) is 0 Å². The Kier molecular flexibility index (Phi) is 10.5. The van der Waals surface area contributed by atoms with Crippen molar-refractivity contribution < 1.29 is 106 Å². The van der Waals surface area contributed by atoms with Crippen LogP contribution in [0.1, 0.15) is 0 Å². The van der Waals surface area contributed by atoms with Crippen LogP contribution in [0, 0.1) is 0 Å². The quantitative estimate of drug-likeness (QED) is 0.172. The summed E-state index contributed by atoms with van der Waals surface area (Å²) in [6.07, 6.45) is -13.3. The Balaban J connectivity index is 0.00000441. The maximum Gasteiger partial charge on any atom is 1.00 e. The summed E-state index contributed by atoms with van der Waals surface area (Å²) < 4.78 is 20.0. The Morgan fingerprint density at radius 1 is 1.00 bits per heavy atom. The maximum absolute atomic E-state index is 11.4. The van der Waals surface area contributed by atoms with E-state index in [1.807, 2.05) is 0 Å². The first-order valence-electron chi connectivity index (χ1n) is 5.94. The molecule has 0 saturated heterocycles. The number of phosphoric ester groups is 1. The van der Waals surface area contributed by atoms with Crippen molar-refractivity contribution >= 4 is 7.82 Å². The molecule has 0 heterocycles. The van der Waals surface area contributed by atoms with E-state index in [0.29, 0.717) is 0 Å². The van der Waals surface area contributed by atoms with Crippen molar-refractivity contribution in [3.05, 3.63) is 0 Å². The molecular formula is C9H18KO11P. The Hall–Kier alpha value is 1.47. The van der Waals surface area contributed by atoms with Crippen molar-refractivity contribution in [1.82, 2.24) is 0 Å². The second-order valence-corrected chi connectivity index (χ2v) is 5.97. The Labute approximate surface area is 168 Å². The van der Waals surface area contributed by atoms with Gasteiger partial charge in [-0.05, 0) is 0 Å². The summed E-state index contributed by atoms with van der Waals surface area (Å²) in [6.45, 7) is -1.60. The molecule has 0 radical (unpaired) electrons. The van der Waals surface area contributed by atoms with E-state index in [0.717, 1.165) is 0 Å². The van der Waals surface area contributed by atoms with Gasteiger partial charge in [0.15, 0.2) is 0 Å². The Morgan fingerprint density at radius 2 is 1.41 bits per heavy atom. The predicted molar refractivity (Wildman–Crippen MR) is 61.6 cm³/mol. The zero-order valence-corrected chi connectivity index (χ0v) is 15.7. The molecule has 1 fully saturated rings. The van der Waals surface area contributed by atoms with Crippen LogP contribution in [0.5, 0.6) is 0 Å². The molecule has 8 atom stereocenters. The fraction of sp³-hybridized carbons (Fsp3) is 1.00. The van der Waals surface area contributed by atoms with Crippen LogP contribution in [0.3, 0.4) is 0 Å². The number of rotatable bonds is 6. The van der Waals surface area contributed by atoms with Crippen LogP contribution in [-0.2, 0) is 13.6 Å². The first-order chi connectivity index (χ1) is 9.60. The third kappa shape index (κ3) is 6.08. The van der Waals surface area contributed by atoms with Crippen molar-refractivity contribution in [3.63, 3.8) is 0 Å². The van der Waals surface area contributed by atoms with Crippen molar-refractivity contribution in [3.8, 4) is 0 Å². The van der Waals surface area contributed by atoms with Gasteiger partial charge in [-0.15, -0.1) is 0 Å². The van der Waals surface area contributed by atoms with E-state index in [2.05, 4.69) is 9.05 Å². The van der Waals surface area contributed by atoms with Gasteiger partial charge in [-0.25, -0.2) is 0 Å². The van der Waals surface area contributed by atoms with Crippen LogP contribution in [0.15, 0.2) is 0 Å². The van der Waals surface area contributed by atoms with Gasteiger partial charge in [0.05, 0.1) is 13.2 Å². The smallest absolute Gasteiger partial charge is 0.756 e. The molecule has 0 spiro atoms. The van der Waals surface area contributed by atoms with Crippen LogP contribution < -0.4 is 56.3 Å². The first-order valence-corrected chi connectivity index (χ1v) is 7.40. The molecule has 7 N–H and O–H groups in total. The van der Waals surface area contributed by atoms with E-state index in [1.165, 1.54) is 0 Å². The van der Waals surface area contributed by atoms with Crippen molar-refractivity contribution in [1.29, 1.82) is 0 Å². The molecule has 0 bridgehead atoms. The largest absolute Gasteiger partial charge is 1.00 e. The number of phosphoric acid groups is 1. The standard InChI is InChI=1S/C9H19O11P.K/c10-1-3(11)2-19-21(17,18)20-9-7(15)5(13)4(12)6(14)8(9)16;/h3-16H,1-2H2,(H,17,18);/q;+1/p-1/t3?,4?,5-,6+,7-,8-,9?;/m0./s1. The molecule has 22 heavy (non-hydrogen) atoms. The van der Waals surface area contributed by atoms with Crippen molar-refractivity contribution in [2.75, 3.05) is 13.2 Å². The Bertz CT molecular complexity index is 369. The van der Waals surface area contributed by atoms with E-state index < -0.39 is 63.8 Å². The third-order valence-electron chi connectivity index (χ3n) is 2.96. The monoisotopic (exact) mass is 372 g/mol. The molecule has 0 aromatic heterocycles. The molecule has 0 aromatic rings. The fourth-order valence-corrected chi connectivity index (χ4v) is 2.69. The fourth-order valence-electron chi connectivity index (χ4n) is 1.73. The second-order valence-electron chi connectivity index (χ2n) is 4.60. The number of aliphatic hydroxyl groups excluding tert-OH is 7. The van der Waals surface area contributed by atoms with Gasteiger partial charge in [0.2, 0.25) is 0 Å². The maximum atomic E-state index is 11.4. The minimum Gasteiger partial charge on any atom is -0.756 e. The van der Waals surface area contributed by atoms with Crippen LogP contribution in [0.2, 0.25) is 0 Å². The van der Waals surface area contributed by atoms with Gasteiger partial charge in [0.25, 0.3) is 7.82 Å². The number of hydrogen-bond acceptors (Lipinski definition) is 11. The third-order valence-corrected chi connectivity index (χ3v) is 3.93. The molecule has 0 aromatic carbocycles. The molecule has 0 aliphatic heterocycles. The predicted octanol–water partition coefficient (Wildman–Crippen LogP) is -7.97. The van der Waals surface area contributed by atoms with Gasteiger partial charge < -0.3 is 49.7 Å². The minimum absolute atomic E-state index is 0.